The fourth-order valence-corrected chi connectivity index (χ4v) is 6.54. The first-order valence-electron chi connectivity index (χ1n) is 12.5. The Balaban J connectivity index is 3.45. The lowest BCUT2D eigenvalue weighted by Crippen LogP contribution is -2.54. The van der Waals surface area contributed by atoms with Crippen molar-refractivity contribution in [3.8, 4) is 0 Å². The molecule has 1 unspecified atom stereocenters. The topological polar surface area (TPSA) is 61.8 Å². The molecule has 0 amide bonds. The maximum Gasteiger partial charge on any atom is 0.306 e. The van der Waals surface area contributed by atoms with E-state index in [1.165, 1.54) is 0 Å². The molecule has 0 aromatic carbocycles. The fraction of sp³-hybridized carbons (Fsp3) is 0.846. The first-order valence-corrected chi connectivity index (χ1v) is 18.4. The maximum atomic E-state index is 13.4. The molecule has 4 atom stereocenters. The van der Waals surface area contributed by atoms with Crippen LogP contribution in [0, 0.1) is 11.8 Å². The molecule has 33 heavy (non-hydrogen) atoms. The lowest BCUT2D eigenvalue weighted by atomic mass is 9.72. The molecule has 0 bridgehead atoms. The summed E-state index contributed by atoms with van der Waals surface area (Å²) in [6, 6.07) is 0. The van der Waals surface area contributed by atoms with Gasteiger partial charge in [0, 0.05) is 18.4 Å². The molecule has 5 nitrogen and oxygen atoms in total. The number of hydrogen-bond donors (Lipinski definition) is 0. The second-order valence-corrected chi connectivity index (χ2v) is 22.0. The molecule has 1 saturated carbocycles. The van der Waals surface area contributed by atoms with Crippen LogP contribution in [0.15, 0.2) is 12.2 Å². The Morgan fingerprint density at radius 3 is 2.06 bits per heavy atom. The van der Waals surface area contributed by atoms with E-state index in [0.717, 1.165) is 0 Å². The van der Waals surface area contributed by atoms with Crippen molar-refractivity contribution in [3.63, 3.8) is 0 Å². The number of ketones is 1. The van der Waals surface area contributed by atoms with Crippen LogP contribution >= 0.6 is 0 Å². The Labute approximate surface area is 205 Å². The molecule has 192 valence electrons. The third kappa shape index (κ3) is 7.87. The Bertz CT molecular complexity index is 700. The number of hydrogen-bond acceptors (Lipinski definition) is 5. The van der Waals surface area contributed by atoms with Gasteiger partial charge in [0.25, 0.3) is 0 Å². The van der Waals surface area contributed by atoms with Gasteiger partial charge in [-0.2, -0.15) is 0 Å². The molecule has 0 aliphatic heterocycles. The molecule has 0 saturated heterocycles. The van der Waals surface area contributed by atoms with Crippen LogP contribution < -0.4 is 0 Å². The maximum absolute atomic E-state index is 13.4. The van der Waals surface area contributed by atoms with Gasteiger partial charge in [-0.1, -0.05) is 53.7 Å². The van der Waals surface area contributed by atoms with E-state index < -0.39 is 22.6 Å². The zero-order chi connectivity index (χ0) is 25.8. The average Bonchev–Trinajstić information content (AvgIpc) is 2.62. The van der Waals surface area contributed by atoms with Crippen LogP contribution in [-0.4, -0.2) is 47.2 Å². The summed E-state index contributed by atoms with van der Waals surface area (Å²) in [5, 5.41) is 0.0526. The van der Waals surface area contributed by atoms with Gasteiger partial charge in [0.05, 0.1) is 25.0 Å². The number of allylic oxidation sites excluding steroid dienone is 1. The predicted octanol–water partition coefficient (Wildman–Crippen LogP) is 6.89. The molecule has 0 spiro atoms. The van der Waals surface area contributed by atoms with Gasteiger partial charge < -0.3 is 13.6 Å². The van der Waals surface area contributed by atoms with E-state index in [0.29, 0.717) is 19.4 Å². The summed E-state index contributed by atoms with van der Waals surface area (Å²) in [4.78, 5) is 26.1. The minimum atomic E-state index is -2.15. The highest BCUT2D eigenvalue weighted by atomic mass is 28.4. The number of ether oxygens (including phenoxy) is 1. The van der Waals surface area contributed by atoms with Crippen molar-refractivity contribution in [2.75, 3.05) is 6.61 Å². The van der Waals surface area contributed by atoms with E-state index in [4.69, 9.17) is 13.6 Å². The molecule has 1 fully saturated rings. The Hall–Kier alpha value is -0.766. The summed E-state index contributed by atoms with van der Waals surface area (Å²) in [6.45, 7) is 26.2. The minimum Gasteiger partial charge on any atom is -0.466 e. The summed E-state index contributed by atoms with van der Waals surface area (Å²) in [7, 11) is -4.25. The van der Waals surface area contributed by atoms with E-state index in [-0.39, 0.29) is 46.4 Å². The summed E-state index contributed by atoms with van der Waals surface area (Å²) >= 11 is 0. The molecule has 1 aliphatic carbocycles. The highest BCUT2D eigenvalue weighted by molar-refractivity contribution is 6.74. The summed E-state index contributed by atoms with van der Waals surface area (Å²) in [5.74, 6) is -0.771. The normalized spacial score (nSPS) is 24.2. The molecule has 0 radical (unpaired) electrons. The van der Waals surface area contributed by atoms with E-state index >= 15 is 0 Å². The van der Waals surface area contributed by atoms with E-state index in [1.807, 2.05) is 26.0 Å². The van der Waals surface area contributed by atoms with Gasteiger partial charge in [0.2, 0.25) is 0 Å². The third-order valence-electron chi connectivity index (χ3n) is 7.92. The molecule has 1 rings (SSSR count). The highest BCUT2D eigenvalue weighted by Gasteiger charge is 2.50. The molecule has 0 aromatic rings. The Kier molecular flexibility index (Phi) is 10.4. The highest BCUT2D eigenvalue weighted by Crippen LogP contribution is 2.45. The molecule has 0 heterocycles. The number of esters is 1. The fourth-order valence-electron chi connectivity index (χ4n) is 3.87. The average molecular weight is 499 g/mol. The van der Waals surface area contributed by atoms with Crippen LogP contribution in [0.1, 0.15) is 74.7 Å². The number of rotatable bonds is 9. The Morgan fingerprint density at radius 1 is 1.06 bits per heavy atom. The largest absolute Gasteiger partial charge is 0.466 e. The van der Waals surface area contributed by atoms with Crippen LogP contribution in [0.5, 0.6) is 0 Å². The molecule has 0 aromatic heterocycles. The van der Waals surface area contributed by atoms with Gasteiger partial charge in [-0.25, -0.2) is 0 Å². The first-order chi connectivity index (χ1) is 14.9. The van der Waals surface area contributed by atoms with Crippen molar-refractivity contribution in [3.05, 3.63) is 12.2 Å². The van der Waals surface area contributed by atoms with Crippen molar-refractivity contribution >= 4 is 28.4 Å². The van der Waals surface area contributed by atoms with E-state index in [2.05, 4.69) is 67.7 Å². The van der Waals surface area contributed by atoms with Gasteiger partial charge in [-0.3, -0.25) is 9.59 Å². The minimum absolute atomic E-state index is 0.0121. The molecular weight excluding hydrogens is 448 g/mol. The standard InChI is InChI=1S/C26H50O5Si2/c1-13-15-22(31-33(11,12)26(6,7)8)24-19(18-23(28)29-14-2)21(17-16-20(24)27)30-32(9,10)25(3,4)5/h13,15,19,21-22,24H,14,16-18H2,1-12H3/b15-13+/t19-,21-,22?,24+/m0/s1. The zero-order valence-corrected chi connectivity index (χ0v) is 25.3. The van der Waals surface area contributed by atoms with Crippen molar-refractivity contribution < 1.29 is 23.2 Å². The number of carbonyl (C=O) groups excluding carboxylic acids is 2. The van der Waals surface area contributed by atoms with E-state index in [9.17, 15) is 9.59 Å². The van der Waals surface area contributed by atoms with Crippen molar-refractivity contribution in [1.29, 1.82) is 0 Å². The Morgan fingerprint density at radius 2 is 1.61 bits per heavy atom. The number of Topliss-reactive ketones (excluding diaryl/α,β-unsaturated/α-hetero) is 1. The lowest BCUT2D eigenvalue weighted by molar-refractivity contribution is -0.149. The lowest BCUT2D eigenvalue weighted by Gasteiger charge is -2.47. The number of carbonyl (C=O) groups is 2. The SMILES string of the molecule is C/C=C/C(O[Si](C)(C)C(C)(C)C)[C@H]1C(=O)CC[C@H](O[Si](C)(C)C(C)(C)C)[C@@H]1CC(=O)OCC. The quantitative estimate of drug-likeness (QED) is 0.197. The molecular formula is C26H50O5Si2. The van der Waals surface area contributed by atoms with Gasteiger partial charge in [-0.15, -0.1) is 0 Å². The molecule has 0 N–H and O–H groups in total. The predicted molar refractivity (Wildman–Crippen MR) is 141 cm³/mol. The van der Waals surface area contributed by atoms with E-state index in [1.54, 1.807) is 0 Å². The second kappa shape index (κ2) is 11.3. The molecule has 1 aliphatic rings. The monoisotopic (exact) mass is 498 g/mol. The van der Waals surface area contributed by atoms with Crippen LogP contribution in [-0.2, 0) is 23.2 Å². The smallest absolute Gasteiger partial charge is 0.306 e. The molecule has 7 heteroatoms. The first kappa shape index (κ1) is 30.3. The van der Waals surface area contributed by atoms with Crippen molar-refractivity contribution in [1.82, 2.24) is 0 Å². The summed E-state index contributed by atoms with van der Waals surface area (Å²) in [6.07, 6.45) is 4.73. The van der Waals surface area contributed by atoms with Crippen LogP contribution in [0.25, 0.3) is 0 Å². The van der Waals surface area contributed by atoms with Crippen LogP contribution in [0.2, 0.25) is 36.3 Å². The van der Waals surface area contributed by atoms with Crippen molar-refractivity contribution in [2.24, 2.45) is 11.8 Å². The van der Waals surface area contributed by atoms with Gasteiger partial charge >= 0.3 is 5.97 Å². The van der Waals surface area contributed by atoms with Gasteiger partial charge in [-0.05, 0) is 56.5 Å². The summed E-state index contributed by atoms with van der Waals surface area (Å²) < 4.78 is 19.0. The van der Waals surface area contributed by atoms with Gasteiger partial charge in [0.1, 0.15) is 5.78 Å². The zero-order valence-electron chi connectivity index (χ0n) is 23.3. The van der Waals surface area contributed by atoms with Crippen molar-refractivity contribution in [2.45, 2.75) is 123 Å². The summed E-state index contributed by atoms with van der Waals surface area (Å²) in [5.41, 5.74) is 0. The third-order valence-corrected chi connectivity index (χ3v) is 16.9. The van der Waals surface area contributed by atoms with Crippen LogP contribution in [0.4, 0.5) is 0 Å². The van der Waals surface area contributed by atoms with Crippen LogP contribution in [0.3, 0.4) is 0 Å². The van der Waals surface area contributed by atoms with Gasteiger partial charge in [0.15, 0.2) is 16.6 Å². The second-order valence-electron chi connectivity index (χ2n) is 12.5.